The smallest absolute Gasteiger partial charge is 0.429 e. The molecule has 5 nitrogen and oxygen atoms in total. The Morgan fingerprint density at radius 1 is 0.733 bits per heavy atom. The van der Waals surface area contributed by atoms with Gasteiger partial charge in [-0.3, -0.25) is 0 Å². The molecule has 5 rings (SSSR count). The van der Waals surface area contributed by atoms with Crippen molar-refractivity contribution in [2.75, 3.05) is 26.4 Å². The first-order valence-corrected chi connectivity index (χ1v) is 14.4. The lowest BCUT2D eigenvalue weighted by molar-refractivity contribution is -0.283. The number of halogens is 8. The van der Waals surface area contributed by atoms with Gasteiger partial charge in [-0.1, -0.05) is 26.2 Å². The van der Waals surface area contributed by atoms with E-state index in [1.54, 1.807) is 0 Å². The van der Waals surface area contributed by atoms with E-state index in [1.165, 1.54) is 0 Å². The van der Waals surface area contributed by atoms with E-state index in [0.29, 0.717) is 49.5 Å². The maximum absolute atomic E-state index is 15.0. The molecule has 13 heteroatoms. The number of unbranched alkanes of at least 4 members (excludes halogenated alkanes) is 2. The predicted octanol–water partition coefficient (Wildman–Crippen LogP) is 8.55. The van der Waals surface area contributed by atoms with Gasteiger partial charge in [-0.15, -0.1) is 0 Å². The number of ether oxygens (including phenoxy) is 5. The Bertz CT molecular complexity index is 1440. The lowest BCUT2D eigenvalue weighted by Crippen LogP contribution is -2.43. The monoisotopic (exact) mass is 646 g/mol. The number of hydrogen-bond acceptors (Lipinski definition) is 5. The van der Waals surface area contributed by atoms with Gasteiger partial charge >= 0.3 is 6.11 Å². The molecule has 0 atom stereocenters. The molecule has 3 aromatic carbocycles. The molecule has 0 radical (unpaired) electrons. The Hall–Kier alpha value is -3.26. The van der Waals surface area contributed by atoms with E-state index in [4.69, 9.17) is 18.9 Å². The summed E-state index contributed by atoms with van der Waals surface area (Å²) in [6.07, 6.45) is -2.08. The van der Waals surface area contributed by atoms with Crippen molar-refractivity contribution in [1.82, 2.24) is 0 Å². The standard InChI is InChI=1S/C32H30F8O5/c1-2-3-4-5-17-13-41-31(42-14-17)20-15-43-30(44-16-20)19-10-24(34)28(25(35)11-19)32(39,40)45-21-6-7-22(23(33)12-21)18-8-26(36)29(38)27(37)9-18/h6-12,17,20,30-31H,2-5,13-16H2,1H3. The second-order valence-electron chi connectivity index (χ2n) is 11.0. The van der Waals surface area contributed by atoms with E-state index < -0.39 is 76.0 Å². The van der Waals surface area contributed by atoms with Gasteiger partial charge in [-0.25, -0.2) is 26.3 Å². The van der Waals surface area contributed by atoms with E-state index in [2.05, 4.69) is 11.7 Å². The molecule has 3 aromatic rings. The van der Waals surface area contributed by atoms with Crippen LogP contribution >= 0.6 is 0 Å². The highest BCUT2D eigenvalue weighted by molar-refractivity contribution is 5.65. The van der Waals surface area contributed by atoms with Gasteiger partial charge in [0.1, 0.15) is 28.8 Å². The number of benzene rings is 3. The third-order valence-corrected chi connectivity index (χ3v) is 7.63. The first-order chi connectivity index (χ1) is 21.5. The van der Waals surface area contributed by atoms with Crippen LogP contribution in [0.4, 0.5) is 35.1 Å². The van der Waals surface area contributed by atoms with Crippen molar-refractivity contribution in [2.24, 2.45) is 11.8 Å². The molecule has 0 bridgehead atoms. The van der Waals surface area contributed by atoms with E-state index in [0.717, 1.165) is 37.8 Å². The van der Waals surface area contributed by atoms with Crippen LogP contribution in [0.2, 0.25) is 0 Å². The first-order valence-electron chi connectivity index (χ1n) is 14.4. The van der Waals surface area contributed by atoms with Crippen LogP contribution in [0, 0.1) is 46.7 Å². The number of rotatable bonds is 10. The molecule has 0 amide bonds. The summed E-state index contributed by atoms with van der Waals surface area (Å²) in [6.45, 7) is 3.33. The zero-order chi connectivity index (χ0) is 32.3. The second-order valence-corrected chi connectivity index (χ2v) is 11.0. The van der Waals surface area contributed by atoms with Gasteiger partial charge in [0.25, 0.3) is 0 Å². The first kappa shape index (κ1) is 33.1. The van der Waals surface area contributed by atoms with Crippen molar-refractivity contribution in [3.63, 3.8) is 0 Å². The summed E-state index contributed by atoms with van der Waals surface area (Å²) in [6, 6.07) is 4.33. The number of alkyl halides is 2. The highest BCUT2D eigenvalue weighted by Gasteiger charge is 2.42. The minimum absolute atomic E-state index is 0.0683. The SMILES string of the molecule is CCCCCC1COC(C2COC(c3cc(F)c(C(F)(F)Oc4ccc(-c5cc(F)c(F)c(F)c5)c(F)c4)c(F)c3)OC2)OC1. The van der Waals surface area contributed by atoms with Crippen LogP contribution in [0.15, 0.2) is 42.5 Å². The zero-order valence-corrected chi connectivity index (χ0v) is 24.1. The van der Waals surface area contributed by atoms with Crippen molar-refractivity contribution in [2.45, 2.75) is 51.3 Å². The molecule has 2 heterocycles. The van der Waals surface area contributed by atoms with Crippen molar-refractivity contribution >= 4 is 0 Å². The van der Waals surface area contributed by atoms with Crippen molar-refractivity contribution < 1.29 is 58.8 Å². The molecule has 45 heavy (non-hydrogen) atoms. The third-order valence-electron chi connectivity index (χ3n) is 7.63. The molecular weight excluding hydrogens is 616 g/mol. The summed E-state index contributed by atoms with van der Waals surface area (Å²) >= 11 is 0. The Kier molecular flexibility index (Phi) is 10.3. The molecule has 0 spiro atoms. The van der Waals surface area contributed by atoms with Crippen molar-refractivity contribution in [3.8, 4) is 16.9 Å². The maximum atomic E-state index is 15.0. The lowest BCUT2D eigenvalue weighted by Gasteiger charge is -2.37. The van der Waals surface area contributed by atoms with E-state index in [-0.39, 0.29) is 24.7 Å². The molecule has 0 aliphatic carbocycles. The summed E-state index contributed by atoms with van der Waals surface area (Å²) in [7, 11) is 0. The highest BCUT2D eigenvalue weighted by atomic mass is 19.3. The van der Waals surface area contributed by atoms with Crippen molar-refractivity contribution in [1.29, 1.82) is 0 Å². The van der Waals surface area contributed by atoms with Crippen molar-refractivity contribution in [3.05, 3.63) is 88.5 Å². The van der Waals surface area contributed by atoms with Gasteiger partial charge in [-0.2, -0.15) is 8.78 Å². The summed E-state index contributed by atoms with van der Waals surface area (Å²) in [4.78, 5) is 0. The Labute approximate surface area is 254 Å². The number of hydrogen-bond donors (Lipinski definition) is 0. The fourth-order valence-corrected chi connectivity index (χ4v) is 5.26. The minimum Gasteiger partial charge on any atom is -0.429 e. The molecule has 2 fully saturated rings. The minimum atomic E-state index is -4.61. The van der Waals surface area contributed by atoms with E-state index in [9.17, 15) is 35.1 Å². The zero-order valence-electron chi connectivity index (χ0n) is 24.1. The van der Waals surface area contributed by atoms with Crippen LogP contribution in [0.5, 0.6) is 5.75 Å². The van der Waals surface area contributed by atoms with Crippen LogP contribution < -0.4 is 4.74 Å². The second kappa shape index (κ2) is 14.0. The molecule has 0 unspecified atom stereocenters. The van der Waals surface area contributed by atoms with Gasteiger partial charge < -0.3 is 23.7 Å². The fraction of sp³-hybridized carbons (Fsp3) is 0.438. The van der Waals surface area contributed by atoms with Crippen LogP contribution in [-0.4, -0.2) is 32.7 Å². The largest absolute Gasteiger partial charge is 0.432 e. The molecule has 0 aromatic heterocycles. The molecule has 2 saturated heterocycles. The molecule has 2 aliphatic rings. The third kappa shape index (κ3) is 7.59. The van der Waals surface area contributed by atoms with Crippen LogP contribution in [-0.2, 0) is 25.1 Å². The Morgan fingerprint density at radius 2 is 1.36 bits per heavy atom. The average molecular weight is 647 g/mol. The predicted molar refractivity (Wildman–Crippen MR) is 144 cm³/mol. The Balaban J connectivity index is 1.21. The Morgan fingerprint density at radius 3 is 1.93 bits per heavy atom. The van der Waals surface area contributed by atoms with Crippen LogP contribution in [0.1, 0.15) is 50.0 Å². The molecule has 0 N–H and O–H groups in total. The summed E-state index contributed by atoms with van der Waals surface area (Å²) in [5.74, 6) is -10.4. The molecular formula is C32H30F8O5. The fourth-order valence-electron chi connectivity index (χ4n) is 5.26. The average Bonchev–Trinajstić information content (AvgIpc) is 2.99. The lowest BCUT2D eigenvalue weighted by atomic mass is 10.0. The molecule has 2 aliphatic heterocycles. The maximum Gasteiger partial charge on any atom is 0.432 e. The van der Waals surface area contributed by atoms with E-state index in [1.807, 2.05) is 0 Å². The van der Waals surface area contributed by atoms with Crippen LogP contribution in [0.25, 0.3) is 11.1 Å². The van der Waals surface area contributed by atoms with Gasteiger partial charge in [0.05, 0.1) is 32.3 Å². The van der Waals surface area contributed by atoms with Gasteiger partial charge in [0.2, 0.25) is 0 Å². The van der Waals surface area contributed by atoms with Crippen LogP contribution in [0.3, 0.4) is 0 Å². The summed E-state index contributed by atoms with van der Waals surface area (Å²) < 4.78 is 142. The van der Waals surface area contributed by atoms with Gasteiger partial charge in [-0.05, 0) is 48.4 Å². The summed E-state index contributed by atoms with van der Waals surface area (Å²) in [5.41, 5.74) is -2.82. The molecule has 0 saturated carbocycles. The van der Waals surface area contributed by atoms with Gasteiger partial charge in [0, 0.05) is 23.1 Å². The quantitative estimate of drug-likeness (QED) is 0.126. The normalized spacial score (nSPS) is 22.4. The topological polar surface area (TPSA) is 46.2 Å². The van der Waals surface area contributed by atoms with E-state index >= 15 is 0 Å². The highest BCUT2D eigenvalue weighted by Crippen LogP contribution is 2.39. The molecule has 244 valence electrons. The summed E-state index contributed by atoms with van der Waals surface area (Å²) in [5, 5.41) is 0. The van der Waals surface area contributed by atoms with Gasteiger partial charge in [0.15, 0.2) is 30.0 Å².